The summed E-state index contributed by atoms with van der Waals surface area (Å²) in [6, 6.07) is 20.5. The number of fused-ring (bicyclic) bond motifs is 2. The van der Waals surface area contributed by atoms with E-state index in [1.165, 1.54) is 11.3 Å². The van der Waals surface area contributed by atoms with Crippen LogP contribution >= 0.6 is 22.7 Å². The van der Waals surface area contributed by atoms with Gasteiger partial charge >= 0.3 is 0 Å². The first-order chi connectivity index (χ1) is 19.9. The fourth-order valence-electron chi connectivity index (χ4n) is 5.12. The summed E-state index contributed by atoms with van der Waals surface area (Å²) >= 11 is 3.10. The number of imide groups is 1. The molecule has 0 aliphatic carbocycles. The van der Waals surface area contributed by atoms with Crippen molar-refractivity contribution in [1.29, 1.82) is 0 Å². The average molecular weight is 582 g/mol. The van der Waals surface area contributed by atoms with Crippen LogP contribution in [0.4, 0.5) is 10.7 Å². The van der Waals surface area contributed by atoms with Crippen molar-refractivity contribution in [1.82, 2.24) is 4.98 Å². The van der Waals surface area contributed by atoms with Crippen molar-refractivity contribution < 1.29 is 23.9 Å². The van der Waals surface area contributed by atoms with Gasteiger partial charge in [-0.05, 0) is 60.5 Å². The molecule has 0 bridgehead atoms. The van der Waals surface area contributed by atoms with Crippen molar-refractivity contribution >= 4 is 61.3 Å². The summed E-state index contributed by atoms with van der Waals surface area (Å²) in [5, 5.41) is 4.64. The molecule has 0 atom stereocenters. The molecule has 5 aromatic rings. The van der Waals surface area contributed by atoms with Gasteiger partial charge in [-0.15, -0.1) is 22.7 Å². The lowest BCUT2D eigenvalue weighted by molar-refractivity contribution is -0.121. The molecule has 1 N–H and O–H groups in total. The highest BCUT2D eigenvalue weighted by molar-refractivity contribution is 7.23. The lowest BCUT2D eigenvalue weighted by Crippen LogP contribution is -2.28. The van der Waals surface area contributed by atoms with E-state index >= 15 is 0 Å². The summed E-state index contributed by atoms with van der Waals surface area (Å²) in [5.41, 5.74) is 4.67. The van der Waals surface area contributed by atoms with Crippen molar-refractivity contribution in [3.8, 4) is 22.1 Å². The van der Waals surface area contributed by atoms with E-state index in [1.54, 1.807) is 35.6 Å². The Balaban J connectivity index is 1.25. The fourth-order valence-corrected chi connectivity index (χ4v) is 7.49. The number of ether oxygens (including phenoxy) is 2. The Morgan fingerprint density at radius 2 is 1.76 bits per heavy atom. The van der Waals surface area contributed by atoms with Crippen LogP contribution in [0.3, 0.4) is 0 Å². The Kier molecular flexibility index (Phi) is 6.29. The smallest absolute Gasteiger partial charge is 0.256 e. The summed E-state index contributed by atoms with van der Waals surface area (Å²) in [5.74, 6) is 0.621. The number of para-hydroxylation sites is 1. The third-order valence-corrected chi connectivity index (χ3v) is 9.46. The zero-order valence-corrected chi connectivity index (χ0v) is 23.6. The molecule has 204 valence electrons. The highest BCUT2D eigenvalue weighted by atomic mass is 32.1. The zero-order valence-electron chi connectivity index (χ0n) is 21.9. The van der Waals surface area contributed by atoms with Gasteiger partial charge in [-0.25, -0.2) is 4.98 Å². The maximum atomic E-state index is 13.6. The Hall–Kier alpha value is -4.54. The van der Waals surface area contributed by atoms with Crippen LogP contribution in [-0.4, -0.2) is 29.5 Å². The molecule has 0 spiro atoms. The number of rotatable bonds is 6. The number of carbonyl (C=O) groups excluding carboxylic acids is 3. The second kappa shape index (κ2) is 10.1. The number of nitrogens with one attached hydrogen (secondary N) is 1. The number of amides is 3. The first kappa shape index (κ1) is 25.4. The molecule has 2 aliphatic rings. The van der Waals surface area contributed by atoms with Crippen molar-refractivity contribution in [3.05, 3.63) is 88.3 Å². The number of hydrogen-bond donors (Lipinski definition) is 1. The van der Waals surface area contributed by atoms with Crippen LogP contribution in [-0.2, 0) is 16.0 Å². The molecule has 41 heavy (non-hydrogen) atoms. The van der Waals surface area contributed by atoms with Gasteiger partial charge in [0.2, 0.25) is 18.6 Å². The van der Waals surface area contributed by atoms with Crippen LogP contribution in [0.1, 0.15) is 39.2 Å². The fraction of sp³-hybridized carbons (Fsp3) is 0.161. The molecule has 0 unspecified atom stereocenters. The maximum Gasteiger partial charge on any atom is 0.256 e. The average Bonchev–Trinajstić information content (AvgIpc) is 3.75. The molecule has 1 fully saturated rings. The standard InChI is InChI=1S/C31H23N3O5S2/c1-17-25(14-18-9-10-22-23(13-18)39-16-38-22)41-31(28(17)30-32-21-7-2-3-8-24(21)40-30)33-29(37)19-5-4-6-20(15-19)34-26(35)11-12-27(34)36/h2-10,13,15H,11-12,14,16H2,1H3,(H,33,37). The topological polar surface area (TPSA) is 97.8 Å². The molecule has 1 saturated heterocycles. The van der Waals surface area contributed by atoms with Gasteiger partial charge in [0, 0.05) is 35.3 Å². The number of aromatic nitrogens is 1. The van der Waals surface area contributed by atoms with E-state index in [4.69, 9.17) is 14.5 Å². The van der Waals surface area contributed by atoms with Crippen LogP contribution in [0.2, 0.25) is 0 Å². The summed E-state index contributed by atoms with van der Waals surface area (Å²) in [6.45, 7) is 2.27. The van der Waals surface area contributed by atoms with Gasteiger partial charge in [-0.3, -0.25) is 19.3 Å². The van der Waals surface area contributed by atoms with Crippen LogP contribution in [0, 0.1) is 6.92 Å². The largest absolute Gasteiger partial charge is 0.454 e. The molecule has 0 radical (unpaired) electrons. The number of hydrogen-bond acceptors (Lipinski definition) is 8. The molecule has 4 heterocycles. The molecular formula is C31H23N3O5S2. The third kappa shape index (κ3) is 4.64. The predicted octanol–water partition coefficient (Wildman–Crippen LogP) is 6.56. The molecule has 3 aromatic carbocycles. The van der Waals surface area contributed by atoms with Gasteiger partial charge in [0.25, 0.3) is 5.91 Å². The Morgan fingerprint density at radius 3 is 2.59 bits per heavy atom. The maximum absolute atomic E-state index is 13.6. The summed E-state index contributed by atoms with van der Waals surface area (Å²) < 4.78 is 12.1. The highest BCUT2D eigenvalue weighted by Crippen LogP contribution is 2.45. The molecular weight excluding hydrogens is 558 g/mol. The van der Waals surface area contributed by atoms with Gasteiger partial charge in [-0.2, -0.15) is 0 Å². The summed E-state index contributed by atoms with van der Waals surface area (Å²) in [4.78, 5) is 45.2. The van der Waals surface area contributed by atoms with Crippen molar-refractivity contribution in [2.24, 2.45) is 0 Å². The SMILES string of the molecule is Cc1c(Cc2ccc3c(c2)OCO3)sc(NC(=O)c2cccc(N3C(=O)CCC3=O)c2)c1-c1nc2ccccc2s1. The van der Waals surface area contributed by atoms with E-state index < -0.39 is 0 Å². The van der Waals surface area contributed by atoms with Crippen molar-refractivity contribution in [3.63, 3.8) is 0 Å². The van der Waals surface area contributed by atoms with E-state index in [1.807, 2.05) is 42.5 Å². The van der Waals surface area contributed by atoms with E-state index in [-0.39, 0.29) is 37.4 Å². The minimum Gasteiger partial charge on any atom is -0.454 e. The number of thiophene rings is 1. The first-order valence-electron chi connectivity index (χ1n) is 13.1. The third-order valence-electron chi connectivity index (χ3n) is 7.20. The van der Waals surface area contributed by atoms with E-state index in [0.29, 0.717) is 22.7 Å². The van der Waals surface area contributed by atoms with Gasteiger partial charge < -0.3 is 14.8 Å². The van der Waals surface area contributed by atoms with Crippen molar-refractivity contribution in [2.75, 3.05) is 17.0 Å². The summed E-state index contributed by atoms with van der Waals surface area (Å²) in [7, 11) is 0. The normalized spacial score (nSPS) is 14.3. The minimum atomic E-state index is -0.329. The highest BCUT2D eigenvalue weighted by Gasteiger charge is 2.31. The minimum absolute atomic E-state index is 0.182. The predicted molar refractivity (Wildman–Crippen MR) is 159 cm³/mol. The van der Waals surface area contributed by atoms with E-state index in [9.17, 15) is 14.4 Å². The lowest BCUT2D eigenvalue weighted by atomic mass is 10.1. The Bertz CT molecular complexity index is 1830. The molecule has 2 aromatic heterocycles. The number of thiazole rings is 1. The number of benzene rings is 3. The molecule has 0 saturated carbocycles. The molecule has 3 amide bonds. The van der Waals surface area contributed by atoms with Gasteiger partial charge in [0.15, 0.2) is 11.5 Å². The van der Waals surface area contributed by atoms with Crippen molar-refractivity contribution in [2.45, 2.75) is 26.2 Å². The number of nitrogens with zero attached hydrogens (tertiary/aromatic N) is 2. The molecule has 7 rings (SSSR count). The number of anilines is 2. The second-order valence-electron chi connectivity index (χ2n) is 9.83. The van der Waals surface area contributed by atoms with Gasteiger partial charge in [0.1, 0.15) is 10.0 Å². The van der Waals surface area contributed by atoms with Crippen LogP contribution < -0.4 is 19.7 Å². The Morgan fingerprint density at radius 1 is 0.951 bits per heavy atom. The van der Waals surface area contributed by atoms with Gasteiger partial charge in [-0.1, -0.05) is 24.3 Å². The quantitative estimate of drug-likeness (QED) is 0.228. The van der Waals surface area contributed by atoms with E-state index in [0.717, 1.165) is 53.2 Å². The van der Waals surface area contributed by atoms with Crippen LogP contribution in [0.5, 0.6) is 11.5 Å². The first-order valence-corrected chi connectivity index (χ1v) is 14.7. The van der Waals surface area contributed by atoms with Crippen LogP contribution in [0.25, 0.3) is 20.8 Å². The van der Waals surface area contributed by atoms with Gasteiger partial charge in [0.05, 0.1) is 15.9 Å². The van der Waals surface area contributed by atoms with Crippen LogP contribution in [0.15, 0.2) is 66.7 Å². The summed E-state index contributed by atoms with van der Waals surface area (Å²) in [6.07, 6.45) is 1.01. The molecule has 10 heteroatoms. The zero-order chi connectivity index (χ0) is 28.1. The molecule has 8 nitrogen and oxygen atoms in total. The molecule has 2 aliphatic heterocycles. The lowest BCUT2D eigenvalue weighted by Gasteiger charge is -2.14. The monoisotopic (exact) mass is 581 g/mol. The Labute approximate surface area is 243 Å². The van der Waals surface area contributed by atoms with E-state index in [2.05, 4.69) is 12.2 Å². The second-order valence-corrected chi connectivity index (χ2v) is 12.0. The number of carbonyl (C=O) groups is 3.